The molecule has 1 aliphatic heterocycles. The van der Waals surface area contributed by atoms with Gasteiger partial charge in [0.2, 0.25) is 0 Å². The van der Waals surface area contributed by atoms with Crippen molar-refractivity contribution in [2.45, 2.75) is 25.8 Å². The van der Waals surface area contributed by atoms with Crippen LogP contribution in [-0.4, -0.2) is 31.1 Å². The van der Waals surface area contributed by atoms with E-state index in [-0.39, 0.29) is 5.82 Å². The Balaban J connectivity index is 2.05. The summed E-state index contributed by atoms with van der Waals surface area (Å²) < 4.78 is 13.1. The number of aryl methyl sites for hydroxylation is 1. The Morgan fingerprint density at radius 3 is 3.00 bits per heavy atom. The Hall–Kier alpha value is -1.09. The van der Waals surface area contributed by atoms with E-state index in [1.54, 1.807) is 6.07 Å². The molecular weight excluding hydrogens is 203 g/mol. The molecule has 0 aliphatic carbocycles. The quantitative estimate of drug-likeness (QED) is 0.827. The SMILES string of the molecule is Cc1ccc(F)cc1NC1CCCN(C)C1. The average Bonchev–Trinajstić information content (AvgIpc) is 2.24. The van der Waals surface area contributed by atoms with Crippen LogP contribution in [0.3, 0.4) is 0 Å². The van der Waals surface area contributed by atoms with Gasteiger partial charge in [0, 0.05) is 18.3 Å². The summed E-state index contributed by atoms with van der Waals surface area (Å²) in [7, 11) is 2.13. The highest BCUT2D eigenvalue weighted by Gasteiger charge is 2.17. The van der Waals surface area contributed by atoms with Crippen molar-refractivity contribution in [3.05, 3.63) is 29.6 Å². The van der Waals surface area contributed by atoms with E-state index in [0.717, 1.165) is 17.8 Å². The van der Waals surface area contributed by atoms with Crippen molar-refractivity contribution in [1.82, 2.24) is 4.90 Å². The Morgan fingerprint density at radius 1 is 1.44 bits per heavy atom. The van der Waals surface area contributed by atoms with Crippen molar-refractivity contribution in [3.63, 3.8) is 0 Å². The van der Waals surface area contributed by atoms with Gasteiger partial charge in [0.15, 0.2) is 0 Å². The maximum Gasteiger partial charge on any atom is 0.125 e. The van der Waals surface area contributed by atoms with E-state index >= 15 is 0 Å². The molecule has 1 aromatic carbocycles. The summed E-state index contributed by atoms with van der Waals surface area (Å²) in [6.45, 7) is 4.21. The molecule has 16 heavy (non-hydrogen) atoms. The van der Waals surface area contributed by atoms with Crippen molar-refractivity contribution < 1.29 is 4.39 Å². The zero-order valence-corrected chi connectivity index (χ0v) is 9.96. The first-order valence-corrected chi connectivity index (χ1v) is 5.86. The van der Waals surface area contributed by atoms with Gasteiger partial charge in [0.1, 0.15) is 5.82 Å². The molecule has 0 radical (unpaired) electrons. The molecule has 0 bridgehead atoms. The number of halogens is 1. The number of anilines is 1. The second-order valence-electron chi connectivity index (χ2n) is 4.70. The number of benzene rings is 1. The van der Waals surface area contributed by atoms with Gasteiger partial charge in [-0.05, 0) is 51.1 Å². The summed E-state index contributed by atoms with van der Waals surface area (Å²) in [6, 6.07) is 5.36. The normalized spacial score (nSPS) is 22.1. The molecule has 0 saturated carbocycles. The number of piperidine rings is 1. The van der Waals surface area contributed by atoms with Crippen molar-refractivity contribution in [3.8, 4) is 0 Å². The maximum atomic E-state index is 13.1. The standard InChI is InChI=1S/C13H19FN2/c1-10-5-6-11(14)8-13(10)15-12-4-3-7-16(2)9-12/h5-6,8,12,15H,3-4,7,9H2,1-2H3. The second kappa shape index (κ2) is 4.83. The Kier molecular flexibility index (Phi) is 3.44. The topological polar surface area (TPSA) is 15.3 Å². The number of hydrogen-bond donors (Lipinski definition) is 1. The van der Waals surface area contributed by atoms with Gasteiger partial charge >= 0.3 is 0 Å². The minimum atomic E-state index is -0.169. The van der Waals surface area contributed by atoms with Crippen LogP contribution in [0.25, 0.3) is 0 Å². The summed E-state index contributed by atoms with van der Waals surface area (Å²) in [4.78, 5) is 2.32. The van der Waals surface area contributed by atoms with Gasteiger partial charge < -0.3 is 10.2 Å². The fourth-order valence-electron chi connectivity index (χ4n) is 2.25. The smallest absolute Gasteiger partial charge is 0.125 e. The van der Waals surface area contributed by atoms with E-state index < -0.39 is 0 Å². The van der Waals surface area contributed by atoms with E-state index in [1.807, 2.05) is 13.0 Å². The van der Waals surface area contributed by atoms with Crippen LogP contribution in [0.5, 0.6) is 0 Å². The molecule has 1 heterocycles. The van der Waals surface area contributed by atoms with Crippen molar-refractivity contribution in [2.24, 2.45) is 0 Å². The zero-order chi connectivity index (χ0) is 11.5. The Morgan fingerprint density at radius 2 is 2.25 bits per heavy atom. The van der Waals surface area contributed by atoms with Crippen molar-refractivity contribution in [2.75, 3.05) is 25.5 Å². The minimum absolute atomic E-state index is 0.169. The van der Waals surface area contributed by atoms with Crippen LogP contribution in [0.15, 0.2) is 18.2 Å². The van der Waals surface area contributed by atoms with Gasteiger partial charge in [-0.25, -0.2) is 4.39 Å². The number of nitrogens with zero attached hydrogens (tertiary/aromatic N) is 1. The largest absolute Gasteiger partial charge is 0.381 e. The Bertz CT molecular complexity index is 365. The number of hydrogen-bond acceptors (Lipinski definition) is 2. The number of nitrogens with one attached hydrogen (secondary N) is 1. The first kappa shape index (κ1) is 11.4. The summed E-state index contributed by atoms with van der Waals surface area (Å²) in [5.74, 6) is -0.169. The molecule has 1 atom stereocenters. The lowest BCUT2D eigenvalue weighted by Gasteiger charge is -2.31. The predicted molar refractivity (Wildman–Crippen MR) is 65.3 cm³/mol. The average molecular weight is 222 g/mol. The van der Waals surface area contributed by atoms with E-state index in [1.165, 1.54) is 25.5 Å². The van der Waals surface area contributed by atoms with Crippen LogP contribution < -0.4 is 5.32 Å². The van der Waals surface area contributed by atoms with Crippen LogP contribution in [0.1, 0.15) is 18.4 Å². The minimum Gasteiger partial charge on any atom is -0.381 e. The third kappa shape index (κ3) is 2.73. The summed E-state index contributed by atoms with van der Waals surface area (Å²) in [5, 5.41) is 3.44. The number of likely N-dealkylation sites (tertiary alicyclic amines) is 1. The molecule has 1 aliphatic rings. The molecule has 88 valence electrons. The predicted octanol–water partition coefficient (Wildman–Crippen LogP) is 2.64. The fraction of sp³-hybridized carbons (Fsp3) is 0.538. The summed E-state index contributed by atoms with van der Waals surface area (Å²) in [6.07, 6.45) is 2.38. The third-order valence-electron chi connectivity index (χ3n) is 3.18. The first-order chi connectivity index (χ1) is 7.65. The van der Waals surface area contributed by atoms with Gasteiger partial charge in [-0.2, -0.15) is 0 Å². The van der Waals surface area contributed by atoms with Crippen LogP contribution in [0, 0.1) is 12.7 Å². The molecule has 0 aromatic heterocycles. The molecule has 0 amide bonds. The van der Waals surface area contributed by atoms with Gasteiger partial charge in [0.25, 0.3) is 0 Å². The van der Waals surface area contributed by atoms with E-state index in [2.05, 4.69) is 17.3 Å². The summed E-state index contributed by atoms with van der Waals surface area (Å²) >= 11 is 0. The van der Waals surface area contributed by atoms with E-state index in [4.69, 9.17) is 0 Å². The van der Waals surface area contributed by atoms with E-state index in [0.29, 0.717) is 6.04 Å². The van der Waals surface area contributed by atoms with Crippen LogP contribution in [-0.2, 0) is 0 Å². The van der Waals surface area contributed by atoms with Crippen LogP contribution >= 0.6 is 0 Å². The number of rotatable bonds is 2. The van der Waals surface area contributed by atoms with Gasteiger partial charge in [-0.1, -0.05) is 6.07 Å². The molecule has 1 saturated heterocycles. The third-order valence-corrected chi connectivity index (χ3v) is 3.18. The lowest BCUT2D eigenvalue weighted by Crippen LogP contribution is -2.39. The van der Waals surface area contributed by atoms with Gasteiger partial charge in [-0.15, -0.1) is 0 Å². The summed E-state index contributed by atoms with van der Waals surface area (Å²) in [5.41, 5.74) is 2.04. The monoisotopic (exact) mass is 222 g/mol. The molecule has 0 spiro atoms. The molecule has 2 nitrogen and oxygen atoms in total. The maximum absolute atomic E-state index is 13.1. The zero-order valence-electron chi connectivity index (χ0n) is 9.96. The van der Waals surface area contributed by atoms with Crippen molar-refractivity contribution in [1.29, 1.82) is 0 Å². The Labute approximate surface area is 96.5 Å². The second-order valence-corrected chi connectivity index (χ2v) is 4.70. The number of likely N-dealkylation sites (N-methyl/N-ethyl adjacent to an activating group) is 1. The fourth-order valence-corrected chi connectivity index (χ4v) is 2.25. The van der Waals surface area contributed by atoms with Crippen molar-refractivity contribution >= 4 is 5.69 Å². The van der Waals surface area contributed by atoms with Crippen LogP contribution in [0.2, 0.25) is 0 Å². The van der Waals surface area contributed by atoms with Gasteiger partial charge in [0.05, 0.1) is 0 Å². The molecule has 1 N–H and O–H groups in total. The lowest BCUT2D eigenvalue weighted by atomic mass is 10.1. The van der Waals surface area contributed by atoms with Crippen LogP contribution in [0.4, 0.5) is 10.1 Å². The van der Waals surface area contributed by atoms with E-state index in [9.17, 15) is 4.39 Å². The molecule has 1 fully saturated rings. The molecular formula is C13H19FN2. The molecule has 1 unspecified atom stereocenters. The molecule has 2 rings (SSSR count). The lowest BCUT2D eigenvalue weighted by molar-refractivity contribution is 0.261. The van der Waals surface area contributed by atoms with Gasteiger partial charge in [-0.3, -0.25) is 0 Å². The first-order valence-electron chi connectivity index (χ1n) is 5.86. The highest BCUT2D eigenvalue weighted by atomic mass is 19.1. The molecule has 1 aromatic rings. The highest BCUT2D eigenvalue weighted by Crippen LogP contribution is 2.20. The molecule has 3 heteroatoms. The highest BCUT2D eigenvalue weighted by molar-refractivity contribution is 5.51.